The fourth-order valence-electron chi connectivity index (χ4n) is 3.47. The summed E-state index contributed by atoms with van der Waals surface area (Å²) in [5.74, 6) is 0.760. The van der Waals surface area contributed by atoms with E-state index in [0.29, 0.717) is 37.8 Å². The summed E-state index contributed by atoms with van der Waals surface area (Å²) < 4.78 is 0. The number of carbonyl (C=O) groups excluding carboxylic acids is 2. The van der Waals surface area contributed by atoms with E-state index < -0.39 is 6.04 Å². The number of rotatable bonds is 10. The molecule has 0 radical (unpaired) electrons. The SMILES string of the molecule is Cc1ccccc1CN(C(=O)CCc1ccc(C(C)C)cc1)[C@@H](C)C(=O)NCC(C)C. The highest BCUT2D eigenvalue weighted by molar-refractivity contribution is 5.87. The van der Waals surface area contributed by atoms with E-state index in [4.69, 9.17) is 0 Å². The van der Waals surface area contributed by atoms with Gasteiger partial charge in [0.1, 0.15) is 6.04 Å². The molecule has 31 heavy (non-hydrogen) atoms. The number of hydrogen-bond acceptors (Lipinski definition) is 2. The third-order valence-corrected chi connectivity index (χ3v) is 5.73. The van der Waals surface area contributed by atoms with Crippen LogP contribution in [0.5, 0.6) is 0 Å². The average molecular weight is 423 g/mol. The molecule has 0 bridgehead atoms. The molecule has 2 aromatic carbocycles. The second kappa shape index (κ2) is 11.7. The van der Waals surface area contributed by atoms with E-state index in [9.17, 15) is 9.59 Å². The molecule has 168 valence electrons. The highest BCUT2D eigenvalue weighted by atomic mass is 16.2. The molecule has 0 aliphatic rings. The van der Waals surface area contributed by atoms with Crippen molar-refractivity contribution in [3.63, 3.8) is 0 Å². The van der Waals surface area contributed by atoms with Crippen LogP contribution in [-0.4, -0.2) is 29.3 Å². The number of carbonyl (C=O) groups is 2. The van der Waals surface area contributed by atoms with Crippen molar-refractivity contribution in [3.8, 4) is 0 Å². The Bertz CT molecular complexity index is 856. The Morgan fingerprint density at radius 3 is 2.16 bits per heavy atom. The zero-order valence-electron chi connectivity index (χ0n) is 19.9. The van der Waals surface area contributed by atoms with E-state index in [-0.39, 0.29) is 11.8 Å². The van der Waals surface area contributed by atoms with Crippen LogP contribution in [0.1, 0.15) is 69.2 Å². The average Bonchev–Trinajstić information content (AvgIpc) is 2.75. The highest BCUT2D eigenvalue weighted by Gasteiger charge is 2.26. The van der Waals surface area contributed by atoms with Gasteiger partial charge in [-0.25, -0.2) is 0 Å². The minimum absolute atomic E-state index is 0.00314. The molecule has 2 amide bonds. The van der Waals surface area contributed by atoms with E-state index in [2.05, 4.69) is 57.3 Å². The van der Waals surface area contributed by atoms with Crippen molar-refractivity contribution in [3.05, 3.63) is 70.8 Å². The van der Waals surface area contributed by atoms with Crippen molar-refractivity contribution in [2.24, 2.45) is 5.92 Å². The quantitative estimate of drug-likeness (QED) is 0.569. The maximum absolute atomic E-state index is 13.2. The third kappa shape index (κ3) is 7.54. The van der Waals surface area contributed by atoms with Gasteiger partial charge in [-0.1, -0.05) is 76.2 Å². The van der Waals surface area contributed by atoms with Gasteiger partial charge in [0.05, 0.1) is 0 Å². The molecule has 2 rings (SSSR count). The Morgan fingerprint density at radius 2 is 1.58 bits per heavy atom. The third-order valence-electron chi connectivity index (χ3n) is 5.73. The first-order valence-corrected chi connectivity index (χ1v) is 11.4. The smallest absolute Gasteiger partial charge is 0.242 e. The summed E-state index contributed by atoms with van der Waals surface area (Å²) in [6, 6.07) is 16.0. The minimum Gasteiger partial charge on any atom is -0.354 e. The van der Waals surface area contributed by atoms with Gasteiger partial charge in [0.15, 0.2) is 0 Å². The summed E-state index contributed by atoms with van der Waals surface area (Å²) in [4.78, 5) is 27.7. The van der Waals surface area contributed by atoms with Gasteiger partial charge in [0.25, 0.3) is 0 Å². The van der Waals surface area contributed by atoms with Crippen molar-refractivity contribution in [2.45, 2.75) is 72.9 Å². The summed E-state index contributed by atoms with van der Waals surface area (Å²) in [5, 5.41) is 2.98. The van der Waals surface area contributed by atoms with Crippen molar-refractivity contribution in [1.82, 2.24) is 10.2 Å². The van der Waals surface area contributed by atoms with Gasteiger partial charge in [0, 0.05) is 19.5 Å². The molecule has 0 aromatic heterocycles. The van der Waals surface area contributed by atoms with Crippen LogP contribution in [0, 0.1) is 12.8 Å². The minimum atomic E-state index is -0.519. The molecule has 0 fully saturated rings. The first kappa shape index (κ1) is 24.6. The zero-order chi connectivity index (χ0) is 23.0. The van der Waals surface area contributed by atoms with Gasteiger partial charge in [-0.3, -0.25) is 9.59 Å². The molecule has 4 nitrogen and oxygen atoms in total. The summed E-state index contributed by atoms with van der Waals surface area (Å²) >= 11 is 0. The lowest BCUT2D eigenvalue weighted by atomic mass is 10.00. The Hall–Kier alpha value is -2.62. The molecule has 0 heterocycles. The van der Waals surface area contributed by atoms with Gasteiger partial charge in [0.2, 0.25) is 11.8 Å². The summed E-state index contributed by atoms with van der Waals surface area (Å²) in [6.07, 6.45) is 1.05. The van der Waals surface area contributed by atoms with Crippen molar-refractivity contribution in [1.29, 1.82) is 0 Å². The fourth-order valence-corrected chi connectivity index (χ4v) is 3.47. The second-order valence-corrected chi connectivity index (χ2v) is 9.16. The Morgan fingerprint density at radius 1 is 0.935 bits per heavy atom. The van der Waals surface area contributed by atoms with E-state index in [0.717, 1.165) is 16.7 Å². The second-order valence-electron chi connectivity index (χ2n) is 9.16. The number of benzene rings is 2. The molecule has 0 aliphatic heterocycles. The van der Waals surface area contributed by atoms with Crippen LogP contribution < -0.4 is 5.32 Å². The molecule has 0 spiro atoms. The lowest BCUT2D eigenvalue weighted by Gasteiger charge is -2.29. The Kier molecular flexibility index (Phi) is 9.29. The lowest BCUT2D eigenvalue weighted by molar-refractivity contribution is -0.140. The van der Waals surface area contributed by atoms with Crippen LogP contribution in [0.15, 0.2) is 48.5 Å². The molecule has 0 saturated carbocycles. The maximum atomic E-state index is 13.2. The number of nitrogens with one attached hydrogen (secondary N) is 1. The van der Waals surface area contributed by atoms with Crippen LogP contribution in [-0.2, 0) is 22.6 Å². The van der Waals surface area contributed by atoms with Crippen LogP contribution in [0.3, 0.4) is 0 Å². The van der Waals surface area contributed by atoms with Gasteiger partial charge in [-0.2, -0.15) is 0 Å². The standard InChI is InChI=1S/C27H38N2O2/c1-19(2)17-28-27(31)22(6)29(18-25-10-8-7-9-21(25)5)26(30)16-13-23-11-14-24(15-12-23)20(3)4/h7-12,14-15,19-20,22H,13,16-18H2,1-6H3,(H,28,31)/t22-/m0/s1. The van der Waals surface area contributed by atoms with Crippen LogP contribution in [0.2, 0.25) is 0 Å². The van der Waals surface area contributed by atoms with Crippen LogP contribution >= 0.6 is 0 Å². The summed E-state index contributed by atoms with van der Waals surface area (Å²) in [5.41, 5.74) is 4.64. The largest absolute Gasteiger partial charge is 0.354 e. The first-order valence-electron chi connectivity index (χ1n) is 11.4. The molecular formula is C27H38N2O2. The molecule has 0 unspecified atom stereocenters. The number of nitrogens with zero attached hydrogens (tertiary/aromatic N) is 1. The Labute approximate surface area is 188 Å². The zero-order valence-corrected chi connectivity index (χ0v) is 19.9. The van der Waals surface area contributed by atoms with Crippen LogP contribution in [0.25, 0.3) is 0 Å². The molecule has 0 aliphatic carbocycles. The molecule has 1 atom stereocenters. The Balaban J connectivity index is 2.12. The fraction of sp³-hybridized carbons (Fsp3) is 0.481. The van der Waals surface area contributed by atoms with Crippen LogP contribution in [0.4, 0.5) is 0 Å². The summed E-state index contributed by atoms with van der Waals surface area (Å²) in [7, 11) is 0. The lowest BCUT2D eigenvalue weighted by Crippen LogP contribution is -2.48. The molecule has 2 aromatic rings. The number of amides is 2. The summed E-state index contributed by atoms with van der Waals surface area (Å²) in [6.45, 7) is 13.4. The van der Waals surface area contributed by atoms with E-state index in [1.807, 2.05) is 38.1 Å². The van der Waals surface area contributed by atoms with Gasteiger partial charge in [-0.15, -0.1) is 0 Å². The van der Waals surface area contributed by atoms with Crippen molar-refractivity contribution in [2.75, 3.05) is 6.54 Å². The predicted molar refractivity (Wildman–Crippen MR) is 128 cm³/mol. The van der Waals surface area contributed by atoms with Gasteiger partial charge < -0.3 is 10.2 Å². The topological polar surface area (TPSA) is 49.4 Å². The van der Waals surface area contributed by atoms with Crippen molar-refractivity contribution < 1.29 is 9.59 Å². The molecule has 0 saturated heterocycles. The number of aryl methyl sites for hydroxylation is 2. The normalized spacial score (nSPS) is 12.1. The molecular weight excluding hydrogens is 384 g/mol. The van der Waals surface area contributed by atoms with Crippen molar-refractivity contribution >= 4 is 11.8 Å². The molecule has 4 heteroatoms. The van der Waals surface area contributed by atoms with Gasteiger partial charge >= 0.3 is 0 Å². The van der Waals surface area contributed by atoms with Gasteiger partial charge in [-0.05, 0) is 54.4 Å². The number of hydrogen-bond donors (Lipinski definition) is 1. The molecule has 1 N–H and O–H groups in total. The van der Waals surface area contributed by atoms with E-state index in [1.54, 1.807) is 4.90 Å². The van der Waals surface area contributed by atoms with E-state index in [1.165, 1.54) is 5.56 Å². The monoisotopic (exact) mass is 422 g/mol. The highest BCUT2D eigenvalue weighted by Crippen LogP contribution is 2.18. The van der Waals surface area contributed by atoms with E-state index >= 15 is 0 Å². The first-order chi connectivity index (χ1) is 14.7. The maximum Gasteiger partial charge on any atom is 0.242 e. The predicted octanol–water partition coefficient (Wildman–Crippen LogP) is 5.24.